The Kier molecular flexibility index (Phi) is 6.58. The van der Waals surface area contributed by atoms with Crippen LogP contribution >= 0.6 is 27.5 Å². The van der Waals surface area contributed by atoms with Crippen LogP contribution in [0.15, 0.2) is 94.9 Å². The summed E-state index contributed by atoms with van der Waals surface area (Å²) in [5.41, 5.74) is 3.69. The van der Waals surface area contributed by atoms with E-state index < -0.39 is 18.0 Å². The molecule has 0 fully saturated rings. The third kappa shape index (κ3) is 4.89. The van der Waals surface area contributed by atoms with Gasteiger partial charge >= 0.3 is 6.03 Å². The minimum Gasteiger partial charge on any atom is -0.327 e. The molecule has 1 aliphatic rings. The minimum absolute atomic E-state index is 0.349. The average molecular weight is 564 g/mol. The van der Waals surface area contributed by atoms with Crippen molar-refractivity contribution in [2.45, 2.75) is 13.0 Å². The Morgan fingerprint density at radius 3 is 2.53 bits per heavy atom. The predicted octanol–water partition coefficient (Wildman–Crippen LogP) is 5.62. The number of amides is 3. The van der Waals surface area contributed by atoms with Gasteiger partial charge in [-0.15, -0.1) is 0 Å². The number of aromatic nitrogens is 3. The lowest BCUT2D eigenvalue weighted by atomic mass is 9.93. The van der Waals surface area contributed by atoms with Gasteiger partial charge < -0.3 is 16.0 Å². The fourth-order valence-corrected chi connectivity index (χ4v) is 4.37. The van der Waals surface area contributed by atoms with Crippen LogP contribution < -0.4 is 16.0 Å². The van der Waals surface area contributed by atoms with Gasteiger partial charge in [0.2, 0.25) is 0 Å². The monoisotopic (exact) mass is 562 g/mol. The van der Waals surface area contributed by atoms with Gasteiger partial charge in [-0.05, 0) is 59.3 Å². The van der Waals surface area contributed by atoms with Gasteiger partial charge in [0.05, 0.1) is 23.0 Å². The molecule has 0 bridgehead atoms. The molecule has 0 saturated heterocycles. The highest BCUT2D eigenvalue weighted by atomic mass is 79.9. The summed E-state index contributed by atoms with van der Waals surface area (Å²) in [6.07, 6.45) is 3.42. The second-order valence-corrected chi connectivity index (χ2v) is 9.46. The Balaban J connectivity index is 1.61. The van der Waals surface area contributed by atoms with Crippen molar-refractivity contribution in [3.63, 3.8) is 0 Å². The van der Waals surface area contributed by atoms with Crippen LogP contribution in [0.5, 0.6) is 0 Å². The van der Waals surface area contributed by atoms with Crippen molar-refractivity contribution >= 4 is 45.3 Å². The number of nitrogens with one attached hydrogen (secondary N) is 3. The number of rotatable bonds is 5. The molecule has 2 aromatic heterocycles. The molecule has 10 heteroatoms. The molecular formula is C26H20BrClN6O2. The summed E-state index contributed by atoms with van der Waals surface area (Å²) in [5.74, 6) is -0.00797. The molecule has 8 nitrogen and oxygen atoms in total. The summed E-state index contributed by atoms with van der Waals surface area (Å²) >= 11 is 9.46. The lowest BCUT2D eigenvalue weighted by Gasteiger charge is -2.28. The van der Waals surface area contributed by atoms with Gasteiger partial charge in [0.15, 0.2) is 0 Å². The Hall–Kier alpha value is -3.95. The zero-order valence-electron chi connectivity index (χ0n) is 19.0. The molecule has 4 aromatic rings. The molecule has 0 saturated carbocycles. The lowest BCUT2D eigenvalue weighted by Crippen LogP contribution is -2.46. The normalized spacial score (nSPS) is 15.3. The third-order valence-corrected chi connectivity index (χ3v) is 6.40. The number of hydrogen-bond donors (Lipinski definition) is 3. The zero-order chi connectivity index (χ0) is 25.2. The first-order valence-corrected chi connectivity index (χ1v) is 12.2. The predicted molar refractivity (Wildman–Crippen MR) is 142 cm³/mol. The molecule has 3 N–H and O–H groups in total. The van der Waals surface area contributed by atoms with Gasteiger partial charge in [-0.3, -0.25) is 4.79 Å². The number of para-hydroxylation sites is 1. The second kappa shape index (κ2) is 9.96. The molecule has 2 aromatic carbocycles. The van der Waals surface area contributed by atoms with Crippen molar-refractivity contribution in [1.82, 2.24) is 25.4 Å². The minimum atomic E-state index is -0.766. The van der Waals surface area contributed by atoms with E-state index in [4.69, 9.17) is 16.7 Å². The topological polar surface area (TPSA) is 101 Å². The van der Waals surface area contributed by atoms with Crippen LogP contribution in [0.25, 0.3) is 16.9 Å². The number of allylic oxidation sites excluding steroid dienone is 1. The SMILES string of the molecule is CC1=C(C(=O)Nc2ccc(Br)cn2)C(c2cn(-c3ccccc3)nc2-c2ccc(Cl)cc2)NC(=O)N1. The number of halogens is 2. The second-order valence-electron chi connectivity index (χ2n) is 8.11. The Bertz CT molecular complexity index is 1470. The quantitative estimate of drug-likeness (QED) is 0.293. The number of hydrogen-bond acceptors (Lipinski definition) is 4. The third-order valence-electron chi connectivity index (χ3n) is 5.67. The average Bonchev–Trinajstić information content (AvgIpc) is 3.31. The van der Waals surface area contributed by atoms with Crippen molar-refractivity contribution in [3.05, 3.63) is 105 Å². The van der Waals surface area contributed by atoms with E-state index in [1.807, 2.05) is 48.7 Å². The molecule has 0 radical (unpaired) electrons. The number of urea groups is 1. The zero-order valence-corrected chi connectivity index (χ0v) is 21.3. The summed E-state index contributed by atoms with van der Waals surface area (Å²) < 4.78 is 2.52. The molecule has 3 heterocycles. The standard InChI is InChI=1S/C26H20BrClN6O2/c1-15-22(25(35)31-21-12-9-17(27)13-29-21)24(32-26(36)30-15)20-14-34(19-5-3-2-4-6-19)33-23(20)16-7-10-18(28)11-8-16/h2-14,24H,1H3,(H,29,31,35)(H2,30,32,36). The molecule has 0 aliphatic carbocycles. The van der Waals surface area contributed by atoms with E-state index in [0.717, 1.165) is 15.7 Å². The van der Waals surface area contributed by atoms with Gasteiger partial charge in [0, 0.05) is 38.7 Å². The molecular weight excluding hydrogens is 544 g/mol. The summed E-state index contributed by atoms with van der Waals surface area (Å²) in [6, 6.07) is 19.2. The highest BCUT2D eigenvalue weighted by Crippen LogP contribution is 2.35. The molecule has 1 unspecified atom stereocenters. The van der Waals surface area contributed by atoms with E-state index in [0.29, 0.717) is 33.4 Å². The van der Waals surface area contributed by atoms with Gasteiger partial charge in [0.25, 0.3) is 5.91 Å². The summed E-state index contributed by atoms with van der Waals surface area (Å²) in [4.78, 5) is 30.2. The number of pyridine rings is 1. The number of nitrogens with zero attached hydrogens (tertiary/aromatic N) is 3. The van der Waals surface area contributed by atoms with E-state index in [1.165, 1.54) is 0 Å². The summed E-state index contributed by atoms with van der Waals surface area (Å²) in [7, 11) is 0. The van der Waals surface area contributed by atoms with Gasteiger partial charge in [-0.2, -0.15) is 5.10 Å². The Morgan fingerprint density at radius 2 is 1.83 bits per heavy atom. The van der Waals surface area contributed by atoms with Crippen molar-refractivity contribution in [1.29, 1.82) is 0 Å². The molecule has 5 rings (SSSR count). The molecule has 1 aliphatic heterocycles. The maximum atomic E-state index is 13.5. The highest BCUT2D eigenvalue weighted by molar-refractivity contribution is 9.10. The van der Waals surface area contributed by atoms with Crippen LogP contribution in [-0.2, 0) is 4.79 Å². The van der Waals surface area contributed by atoms with E-state index >= 15 is 0 Å². The van der Waals surface area contributed by atoms with Gasteiger partial charge in [0.1, 0.15) is 5.82 Å². The van der Waals surface area contributed by atoms with Crippen molar-refractivity contribution in [2.24, 2.45) is 0 Å². The van der Waals surface area contributed by atoms with Crippen LogP contribution in [0.3, 0.4) is 0 Å². The molecule has 36 heavy (non-hydrogen) atoms. The maximum absolute atomic E-state index is 13.5. The van der Waals surface area contributed by atoms with Crippen LogP contribution in [0.2, 0.25) is 5.02 Å². The number of carbonyl (C=O) groups is 2. The smallest absolute Gasteiger partial charge is 0.319 e. The van der Waals surface area contributed by atoms with E-state index in [-0.39, 0.29) is 0 Å². The fourth-order valence-electron chi connectivity index (χ4n) is 4.01. The van der Waals surface area contributed by atoms with E-state index in [9.17, 15) is 9.59 Å². The maximum Gasteiger partial charge on any atom is 0.319 e. The lowest BCUT2D eigenvalue weighted by molar-refractivity contribution is -0.113. The van der Waals surface area contributed by atoms with Crippen molar-refractivity contribution < 1.29 is 9.59 Å². The van der Waals surface area contributed by atoms with Crippen LogP contribution in [0.4, 0.5) is 10.6 Å². The molecule has 180 valence electrons. The number of carbonyl (C=O) groups excluding carboxylic acids is 2. The molecule has 1 atom stereocenters. The van der Waals surface area contributed by atoms with Crippen LogP contribution in [-0.4, -0.2) is 26.7 Å². The van der Waals surface area contributed by atoms with Gasteiger partial charge in [-0.1, -0.05) is 41.9 Å². The van der Waals surface area contributed by atoms with E-state index in [1.54, 1.807) is 42.1 Å². The Labute approximate surface area is 220 Å². The molecule has 3 amide bonds. The first-order chi connectivity index (χ1) is 17.4. The summed E-state index contributed by atoms with van der Waals surface area (Å²) in [5, 5.41) is 13.8. The number of anilines is 1. The highest BCUT2D eigenvalue weighted by Gasteiger charge is 2.34. The van der Waals surface area contributed by atoms with E-state index in [2.05, 4.69) is 36.9 Å². The number of benzene rings is 2. The Morgan fingerprint density at radius 1 is 1.08 bits per heavy atom. The van der Waals surface area contributed by atoms with Crippen LogP contribution in [0.1, 0.15) is 18.5 Å². The first-order valence-electron chi connectivity index (χ1n) is 11.0. The fraction of sp³-hybridized carbons (Fsp3) is 0.0769. The summed E-state index contributed by atoms with van der Waals surface area (Å²) in [6.45, 7) is 1.69. The van der Waals surface area contributed by atoms with Crippen LogP contribution in [0, 0.1) is 0 Å². The first kappa shape index (κ1) is 23.8. The largest absolute Gasteiger partial charge is 0.327 e. The molecule has 0 spiro atoms. The van der Waals surface area contributed by atoms with Gasteiger partial charge in [-0.25, -0.2) is 14.5 Å². The van der Waals surface area contributed by atoms with Crippen molar-refractivity contribution in [2.75, 3.05) is 5.32 Å². The van der Waals surface area contributed by atoms with Crippen molar-refractivity contribution in [3.8, 4) is 16.9 Å².